The zero-order valence-corrected chi connectivity index (χ0v) is 12.7. The van der Waals surface area contributed by atoms with Gasteiger partial charge in [0.05, 0.1) is 7.11 Å². The Morgan fingerprint density at radius 1 is 1.14 bits per heavy atom. The number of rotatable bonds is 4. The second kappa shape index (κ2) is 6.67. The summed E-state index contributed by atoms with van der Waals surface area (Å²) < 4.78 is 31.9. The summed E-state index contributed by atoms with van der Waals surface area (Å²) in [4.78, 5) is 11.9. The van der Waals surface area contributed by atoms with Gasteiger partial charge in [-0.2, -0.15) is 0 Å². The van der Waals surface area contributed by atoms with Crippen LogP contribution in [-0.2, 0) is 9.53 Å². The number of esters is 1. The molecule has 0 saturated carbocycles. The number of hydrogen-bond acceptors (Lipinski definition) is 3. The van der Waals surface area contributed by atoms with Gasteiger partial charge < -0.3 is 10.1 Å². The van der Waals surface area contributed by atoms with Crippen LogP contribution in [0.4, 0.5) is 14.5 Å². The van der Waals surface area contributed by atoms with Crippen molar-refractivity contribution in [1.82, 2.24) is 0 Å². The van der Waals surface area contributed by atoms with Crippen LogP contribution in [0, 0.1) is 11.6 Å². The second-order valence-corrected chi connectivity index (χ2v) is 5.20. The van der Waals surface area contributed by atoms with Gasteiger partial charge in [-0.25, -0.2) is 13.6 Å². The third-order valence-electron chi connectivity index (χ3n) is 2.87. The van der Waals surface area contributed by atoms with E-state index in [-0.39, 0.29) is 5.56 Å². The van der Waals surface area contributed by atoms with E-state index in [4.69, 9.17) is 4.74 Å². The van der Waals surface area contributed by atoms with Crippen molar-refractivity contribution in [3.63, 3.8) is 0 Å². The van der Waals surface area contributed by atoms with Gasteiger partial charge in [-0.3, -0.25) is 0 Å². The number of carbonyl (C=O) groups is 1. The first kappa shape index (κ1) is 15.4. The Morgan fingerprint density at radius 3 is 2.38 bits per heavy atom. The summed E-state index contributed by atoms with van der Waals surface area (Å²) in [6, 6.07) is 9.45. The minimum Gasteiger partial charge on any atom is -0.467 e. The van der Waals surface area contributed by atoms with Gasteiger partial charge in [0.2, 0.25) is 0 Å². The molecule has 1 unspecified atom stereocenters. The Hall–Kier alpha value is -1.95. The SMILES string of the molecule is COC(=O)C(Nc1ccc(Br)cc1)c1ccc(F)c(F)c1. The first-order valence-corrected chi connectivity index (χ1v) is 6.85. The fourth-order valence-electron chi connectivity index (χ4n) is 1.80. The number of benzene rings is 2. The van der Waals surface area contributed by atoms with Gasteiger partial charge in [0, 0.05) is 10.2 Å². The summed E-state index contributed by atoms with van der Waals surface area (Å²) in [5.74, 6) is -2.58. The summed E-state index contributed by atoms with van der Waals surface area (Å²) >= 11 is 3.31. The summed E-state index contributed by atoms with van der Waals surface area (Å²) in [6.07, 6.45) is 0. The number of carbonyl (C=O) groups excluding carboxylic acids is 1. The van der Waals surface area contributed by atoms with Crippen molar-refractivity contribution in [2.45, 2.75) is 6.04 Å². The van der Waals surface area contributed by atoms with Crippen LogP contribution in [0.3, 0.4) is 0 Å². The molecule has 0 aliphatic heterocycles. The molecular weight excluding hydrogens is 344 g/mol. The number of methoxy groups -OCH3 is 1. The Balaban J connectivity index is 2.31. The van der Waals surface area contributed by atoms with Crippen LogP contribution in [0.15, 0.2) is 46.9 Å². The summed E-state index contributed by atoms with van der Waals surface area (Å²) in [5.41, 5.74) is 0.932. The minimum atomic E-state index is -1.01. The fourth-order valence-corrected chi connectivity index (χ4v) is 2.07. The van der Waals surface area contributed by atoms with Crippen LogP contribution in [0.25, 0.3) is 0 Å². The van der Waals surface area contributed by atoms with Crippen LogP contribution in [0.5, 0.6) is 0 Å². The molecule has 0 fully saturated rings. The van der Waals surface area contributed by atoms with Crippen molar-refractivity contribution in [3.8, 4) is 0 Å². The maximum absolute atomic E-state index is 13.3. The van der Waals surface area contributed by atoms with Crippen molar-refractivity contribution in [1.29, 1.82) is 0 Å². The molecule has 0 aromatic heterocycles. The number of halogens is 3. The quantitative estimate of drug-likeness (QED) is 0.840. The zero-order chi connectivity index (χ0) is 15.4. The zero-order valence-electron chi connectivity index (χ0n) is 11.1. The maximum Gasteiger partial charge on any atom is 0.332 e. The highest BCUT2D eigenvalue weighted by Gasteiger charge is 2.22. The number of hydrogen-bond donors (Lipinski definition) is 1. The van der Waals surface area contributed by atoms with E-state index >= 15 is 0 Å². The lowest BCUT2D eigenvalue weighted by molar-refractivity contribution is -0.141. The maximum atomic E-state index is 13.3. The molecule has 0 heterocycles. The molecule has 1 N–H and O–H groups in total. The molecule has 2 aromatic rings. The van der Waals surface area contributed by atoms with E-state index in [2.05, 4.69) is 21.2 Å². The van der Waals surface area contributed by atoms with Crippen molar-refractivity contribution >= 4 is 27.6 Å². The molecule has 1 atom stereocenters. The van der Waals surface area contributed by atoms with E-state index in [9.17, 15) is 13.6 Å². The summed E-state index contributed by atoms with van der Waals surface area (Å²) in [6.45, 7) is 0. The van der Waals surface area contributed by atoms with E-state index in [1.807, 2.05) is 0 Å². The Kier molecular flexibility index (Phi) is 4.90. The lowest BCUT2D eigenvalue weighted by Gasteiger charge is -2.18. The van der Waals surface area contributed by atoms with E-state index in [0.717, 1.165) is 16.6 Å². The van der Waals surface area contributed by atoms with E-state index in [1.165, 1.54) is 13.2 Å². The lowest BCUT2D eigenvalue weighted by Crippen LogP contribution is -2.22. The highest BCUT2D eigenvalue weighted by molar-refractivity contribution is 9.10. The highest BCUT2D eigenvalue weighted by atomic mass is 79.9. The van der Waals surface area contributed by atoms with E-state index in [1.54, 1.807) is 24.3 Å². The first-order chi connectivity index (χ1) is 10.0. The topological polar surface area (TPSA) is 38.3 Å². The molecule has 6 heteroatoms. The summed E-state index contributed by atoms with van der Waals surface area (Å²) in [5, 5.41) is 2.94. The summed E-state index contributed by atoms with van der Waals surface area (Å²) in [7, 11) is 1.23. The third-order valence-corrected chi connectivity index (χ3v) is 3.40. The van der Waals surface area contributed by atoms with Gasteiger partial charge in [-0.15, -0.1) is 0 Å². The average molecular weight is 356 g/mol. The molecular formula is C15H12BrF2NO2. The van der Waals surface area contributed by atoms with Gasteiger partial charge in [0.25, 0.3) is 0 Å². The van der Waals surface area contributed by atoms with Crippen LogP contribution in [0.1, 0.15) is 11.6 Å². The molecule has 0 radical (unpaired) electrons. The minimum absolute atomic E-state index is 0.281. The largest absolute Gasteiger partial charge is 0.467 e. The molecule has 0 spiro atoms. The highest BCUT2D eigenvalue weighted by Crippen LogP contribution is 2.23. The normalized spacial score (nSPS) is 11.8. The Morgan fingerprint density at radius 2 is 1.81 bits per heavy atom. The molecule has 110 valence electrons. The van der Waals surface area contributed by atoms with Crippen molar-refractivity contribution in [2.75, 3.05) is 12.4 Å². The van der Waals surface area contributed by atoms with E-state index < -0.39 is 23.6 Å². The first-order valence-electron chi connectivity index (χ1n) is 6.06. The molecule has 0 saturated heterocycles. The second-order valence-electron chi connectivity index (χ2n) is 4.28. The van der Waals surface area contributed by atoms with Gasteiger partial charge in [0.1, 0.15) is 0 Å². The molecule has 0 aliphatic carbocycles. The molecule has 0 bridgehead atoms. The van der Waals surface area contributed by atoms with Crippen molar-refractivity contribution < 1.29 is 18.3 Å². The molecule has 2 aromatic carbocycles. The lowest BCUT2D eigenvalue weighted by atomic mass is 10.1. The van der Waals surface area contributed by atoms with Crippen LogP contribution >= 0.6 is 15.9 Å². The number of anilines is 1. The molecule has 0 amide bonds. The average Bonchev–Trinajstić information content (AvgIpc) is 2.49. The molecule has 21 heavy (non-hydrogen) atoms. The van der Waals surface area contributed by atoms with E-state index in [0.29, 0.717) is 5.69 Å². The van der Waals surface area contributed by atoms with Crippen LogP contribution in [0.2, 0.25) is 0 Å². The van der Waals surface area contributed by atoms with Gasteiger partial charge >= 0.3 is 5.97 Å². The molecule has 0 aliphatic rings. The van der Waals surface area contributed by atoms with Crippen molar-refractivity contribution in [3.05, 3.63) is 64.1 Å². The predicted molar refractivity (Wildman–Crippen MR) is 78.9 cm³/mol. The van der Waals surface area contributed by atoms with Gasteiger partial charge in [-0.1, -0.05) is 22.0 Å². The fraction of sp³-hybridized carbons (Fsp3) is 0.133. The standard InChI is InChI=1S/C15H12BrF2NO2/c1-21-15(20)14(9-2-7-12(17)13(18)8-9)19-11-5-3-10(16)4-6-11/h2-8,14,19H,1H3. The molecule has 2 rings (SSSR count). The smallest absolute Gasteiger partial charge is 0.332 e. The predicted octanol–water partition coefficient (Wildman–Crippen LogP) is 4.05. The monoisotopic (exact) mass is 355 g/mol. The third kappa shape index (κ3) is 3.78. The van der Waals surface area contributed by atoms with Crippen LogP contribution in [-0.4, -0.2) is 13.1 Å². The number of nitrogens with one attached hydrogen (secondary N) is 1. The Bertz CT molecular complexity index is 647. The van der Waals surface area contributed by atoms with Crippen molar-refractivity contribution in [2.24, 2.45) is 0 Å². The van der Waals surface area contributed by atoms with Gasteiger partial charge in [-0.05, 0) is 42.0 Å². The van der Waals surface area contributed by atoms with Crippen LogP contribution < -0.4 is 5.32 Å². The van der Waals surface area contributed by atoms with Gasteiger partial charge in [0.15, 0.2) is 17.7 Å². The Labute approximate surface area is 129 Å². The number of ether oxygens (including phenoxy) is 1. The molecule has 3 nitrogen and oxygen atoms in total.